The highest BCUT2D eigenvalue weighted by Gasteiger charge is 2.21. The zero-order valence-corrected chi connectivity index (χ0v) is 10.0. The molecule has 0 amide bonds. The number of aliphatic hydroxyl groups excluding tert-OH is 1. The molecule has 0 saturated carbocycles. The van der Waals surface area contributed by atoms with Crippen molar-refractivity contribution in [1.29, 1.82) is 0 Å². The van der Waals surface area contributed by atoms with Crippen LogP contribution in [0.5, 0.6) is 5.75 Å². The molecule has 0 bridgehead atoms. The molecule has 2 aromatic carbocycles. The van der Waals surface area contributed by atoms with Crippen molar-refractivity contribution in [2.24, 2.45) is 0 Å². The molecule has 0 spiro atoms. The molecule has 2 rings (SSSR count). The van der Waals surface area contributed by atoms with E-state index in [0.29, 0.717) is 5.56 Å². The molecule has 18 heavy (non-hydrogen) atoms. The van der Waals surface area contributed by atoms with Gasteiger partial charge in [0.1, 0.15) is 5.75 Å². The largest absolute Gasteiger partial charge is 0.508 e. The Morgan fingerprint density at radius 2 is 1.56 bits per heavy atom. The molecule has 0 radical (unpaired) electrons. The summed E-state index contributed by atoms with van der Waals surface area (Å²) in [6, 6.07) is 16.5. The van der Waals surface area contributed by atoms with E-state index in [1.165, 1.54) is 0 Å². The Hall–Kier alpha value is -2.06. The van der Waals surface area contributed by atoms with E-state index in [2.05, 4.69) is 6.58 Å². The number of aromatic hydroxyl groups is 1. The molecule has 2 N–H and O–H groups in total. The highest BCUT2D eigenvalue weighted by molar-refractivity contribution is 5.37. The van der Waals surface area contributed by atoms with E-state index in [4.69, 9.17) is 0 Å². The Bertz CT molecular complexity index is 520. The first-order valence-corrected chi connectivity index (χ1v) is 5.87. The van der Waals surface area contributed by atoms with Crippen molar-refractivity contribution >= 4 is 0 Å². The Kier molecular flexibility index (Phi) is 3.80. The molecule has 0 unspecified atom stereocenters. The zero-order chi connectivity index (χ0) is 13.0. The molecule has 2 heteroatoms. The Balaban J connectivity index is 2.35. The normalized spacial score (nSPS) is 13.8. The van der Waals surface area contributed by atoms with E-state index in [-0.39, 0.29) is 11.7 Å². The van der Waals surface area contributed by atoms with Crippen molar-refractivity contribution in [3.8, 4) is 5.75 Å². The molecule has 0 fully saturated rings. The topological polar surface area (TPSA) is 40.5 Å². The molecule has 2 atom stereocenters. The van der Waals surface area contributed by atoms with Crippen LogP contribution in [0.25, 0.3) is 0 Å². The lowest BCUT2D eigenvalue weighted by Gasteiger charge is -2.21. The van der Waals surface area contributed by atoms with Crippen LogP contribution in [-0.4, -0.2) is 10.2 Å². The number of hydrogen-bond donors (Lipinski definition) is 2. The van der Waals surface area contributed by atoms with Gasteiger partial charge < -0.3 is 10.2 Å². The van der Waals surface area contributed by atoms with Crippen LogP contribution in [0.15, 0.2) is 67.3 Å². The van der Waals surface area contributed by atoms with Gasteiger partial charge in [0, 0.05) is 11.5 Å². The van der Waals surface area contributed by atoms with E-state index < -0.39 is 6.10 Å². The van der Waals surface area contributed by atoms with Crippen LogP contribution in [0.1, 0.15) is 23.1 Å². The lowest BCUT2D eigenvalue weighted by molar-refractivity contribution is 0.158. The first kappa shape index (κ1) is 12.4. The van der Waals surface area contributed by atoms with E-state index in [1.807, 2.05) is 30.3 Å². The first-order chi connectivity index (χ1) is 8.74. The van der Waals surface area contributed by atoms with Gasteiger partial charge in [-0.05, 0) is 11.6 Å². The number of phenolic OH excluding ortho intramolecular Hbond substituents is 1. The van der Waals surface area contributed by atoms with Gasteiger partial charge in [0.05, 0.1) is 6.10 Å². The van der Waals surface area contributed by atoms with Crippen LogP contribution in [-0.2, 0) is 0 Å². The van der Waals surface area contributed by atoms with Crippen molar-refractivity contribution in [1.82, 2.24) is 0 Å². The van der Waals surface area contributed by atoms with Gasteiger partial charge in [-0.2, -0.15) is 0 Å². The highest BCUT2D eigenvalue weighted by Crippen LogP contribution is 2.35. The predicted octanol–water partition coefficient (Wildman–Crippen LogP) is 3.40. The number of benzene rings is 2. The lowest BCUT2D eigenvalue weighted by Crippen LogP contribution is -2.08. The summed E-state index contributed by atoms with van der Waals surface area (Å²) in [6.07, 6.45) is 0.901. The van der Waals surface area contributed by atoms with E-state index >= 15 is 0 Å². The highest BCUT2D eigenvalue weighted by atomic mass is 16.3. The monoisotopic (exact) mass is 240 g/mol. The minimum absolute atomic E-state index is 0.104. The second-order valence-corrected chi connectivity index (χ2v) is 4.18. The maximum absolute atomic E-state index is 10.4. The minimum Gasteiger partial charge on any atom is -0.508 e. The van der Waals surface area contributed by atoms with Crippen molar-refractivity contribution in [3.63, 3.8) is 0 Å². The smallest absolute Gasteiger partial charge is 0.121 e. The molecule has 0 aliphatic carbocycles. The Morgan fingerprint density at radius 3 is 2.17 bits per heavy atom. The molecule has 0 aliphatic rings. The number of phenols is 1. The quantitative estimate of drug-likeness (QED) is 0.804. The maximum Gasteiger partial charge on any atom is 0.121 e. The van der Waals surface area contributed by atoms with Crippen LogP contribution < -0.4 is 0 Å². The lowest BCUT2D eigenvalue weighted by atomic mass is 9.89. The van der Waals surface area contributed by atoms with Crippen LogP contribution in [0.3, 0.4) is 0 Å². The molecule has 0 aromatic heterocycles. The van der Waals surface area contributed by atoms with Crippen molar-refractivity contribution in [2.45, 2.75) is 12.0 Å². The van der Waals surface area contributed by atoms with Gasteiger partial charge in [-0.15, -0.1) is 6.58 Å². The van der Waals surface area contributed by atoms with Gasteiger partial charge in [0.25, 0.3) is 0 Å². The number of aliphatic hydroxyl groups is 1. The average molecular weight is 240 g/mol. The molecular formula is C16H16O2. The summed E-state index contributed by atoms with van der Waals surface area (Å²) >= 11 is 0. The second kappa shape index (κ2) is 5.52. The first-order valence-electron chi connectivity index (χ1n) is 5.87. The maximum atomic E-state index is 10.4. The third kappa shape index (κ3) is 2.44. The molecular weight excluding hydrogens is 224 g/mol. The minimum atomic E-state index is -0.800. The van der Waals surface area contributed by atoms with E-state index in [0.717, 1.165) is 5.56 Å². The van der Waals surface area contributed by atoms with Gasteiger partial charge in [0.2, 0.25) is 0 Å². The third-order valence-electron chi connectivity index (χ3n) is 3.03. The van der Waals surface area contributed by atoms with Crippen LogP contribution in [0.2, 0.25) is 0 Å². The summed E-state index contributed by atoms with van der Waals surface area (Å²) in [5.41, 5.74) is 1.49. The Morgan fingerprint density at radius 1 is 0.944 bits per heavy atom. The number of hydrogen-bond acceptors (Lipinski definition) is 2. The fourth-order valence-electron chi connectivity index (χ4n) is 2.05. The van der Waals surface area contributed by atoms with E-state index in [1.54, 1.807) is 30.3 Å². The molecule has 0 aliphatic heterocycles. The summed E-state index contributed by atoms with van der Waals surface area (Å²) in [5.74, 6) is -0.132. The van der Waals surface area contributed by atoms with Crippen molar-refractivity contribution in [3.05, 3.63) is 78.4 Å². The molecule has 92 valence electrons. The zero-order valence-electron chi connectivity index (χ0n) is 10.0. The van der Waals surface area contributed by atoms with Gasteiger partial charge in [0.15, 0.2) is 0 Å². The average Bonchev–Trinajstić information content (AvgIpc) is 2.41. The Labute approximate surface area is 107 Å². The van der Waals surface area contributed by atoms with Gasteiger partial charge >= 0.3 is 0 Å². The van der Waals surface area contributed by atoms with E-state index in [9.17, 15) is 10.2 Å². The molecule has 2 aromatic rings. The standard InChI is InChI=1S/C16H16O2/c1-2-13(12-8-4-3-5-9-12)16(18)14-10-6-7-11-15(14)17/h2-11,13,16-18H,1H2/t13-,16-/m1/s1. The third-order valence-corrected chi connectivity index (χ3v) is 3.03. The summed E-state index contributed by atoms with van der Waals surface area (Å²) in [6.45, 7) is 3.77. The van der Waals surface area contributed by atoms with Crippen molar-refractivity contribution < 1.29 is 10.2 Å². The van der Waals surface area contributed by atoms with Gasteiger partial charge in [-0.25, -0.2) is 0 Å². The summed E-state index contributed by atoms with van der Waals surface area (Å²) < 4.78 is 0. The number of rotatable bonds is 4. The fourth-order valence-corrected chi connectivity index (χ4v) is 2.05. The summed E-state index contributed by atoms with van der Waals surface area (Å²) in [7, 11) is 0. The van der Waals surface area contributed by atoms with Gasteiger partial charge in [-0.3, -0.25) is 0 Å². The summed E-state index contributed by atoms with van der Waals surface area (Å²) in [5, 5.41) is 20.2. The van der Waals surface area contributed by atoms with Crippen LogP contribution in [0.4, 0.5) is 0 Å². The van der Waals surface area contributed by atoms with Crippen LogP contribution >= 0.6 is 0 Å². The van der Waals surface area contributed by atoms with Gasteiger partial charge in [-0.1, -0.05) is 54.6 Å². The summed E-state index contributed by atoms with van der Waals surface area (Å²) in [4.78, 5) is 0. The fraction of sp³-hybridized carbons (Fsp3) is 0.125. The molecule has 2 nitrogen and oxygen atoms in total. The van der Waals surface area contributed by atoms with Crippen LogP contribution in [0, 0.1) is 0 Å². The van der Waals surface area contributed by atoms with Crippen molar-refractivity contribution in [2.75, 3.05) is 0 Å². The molecule has 0 saturated heterocycles. The predicted molar refractivity (Wildman–Crippen MR) is 72.4 cm³/mol. The molecule has 0 heterocycles. The SMILES string of the molecule is C=C[C@H](c1ccccc1)[C@@H](O)c1ccccc1O. The second-order valence-electron chi connectivity index (χ2n) is 4.18. The number of para-hydroxylation sites is 1.